The molecule has 0 fully saturated rings. The van der Waals surface area contributed by atoms with Gasteiger partial charge < -0.3 is 15.0 Å². The molecule has 0 aliphatic rings. The van der Waals surface area contributed by atoms with E-state index in [0.717, 1.165) is 32.0 Å². The van der Waals surface area contributed by atoms with E-state index in [1.54, 1.807) is 0 Å². The van der Waals surface area contributed by atoms with Crippen molar-refractivity contribution in [2.45, 2.75) is 46.7 Å². The molecule has 0 saturated heterocycles. The quantitative estimate of drug-likeness (QED) is 0.668. The van der Waals surface area contributed by atoms with E-state index >= 15 is 0 Å². The summed E-state index contributed by atoms with van der Waals surface area (Å²) in [6, 6.07) is 8.99. The smallest absolute Gasteiger partial charge is 0.119 e. The Morgan fingerprint density at radius 2 is 1.81 bits per heavy atom. The number of benzene rings is 1. The highest BCUT2D eigenvalue weighted by molar-refractivity contribution is 5.27. The van der Waals surface area contributed by atoms with Gasteiger partial charge in [0.25, 0.3) is 0 Å². The fourth-order valence-electron chi connectivity index (χ4n) is 2.13. The second-order valence-corrected chi connectivity index (χ2v) is 6.13. The first-order valence-corrected chi connectivity index (χ1v) is 8.17. The first-order valence-electron chi connectivity index (χ1n) is 8.17. The van der Waals surface area contributed by atoms with Crippen LogP contribution in [0, 0.1) is 5.92 Å². The van der Waals surface area contributed by atoms with Gasteiger partial charge in [-0.2, -0.15) is 0 Å². The molecule has 0 heterocycles. The standard InChI is InChI=1S/C18H32N2O/c1-6-11-19-14-17-7-9-18(10-8-17)21-13-12-20(5)16(4)15(2)3/h7-10,15-16,19H,6,11-14H2,1-5H3. The molecule has 0 bridgehead atoms. The Hall–Kier alpha value is -1.06. The second-order valence-electron chi connectivity index (χ2n) is 6.13. The van der Waals surface area contributed by atoms with E-state index in [1.165, 1.54) is 12.0 Å². The van der Waals surface area contributed by atoms with E-state index in [4.69, 9.17) is 4.74 Å². The van der Waals surface area contributed by atoms with Crippen molar-refractivity contribution in [3.05, 3.63) is 29.8 Å². The predicted octanol–water partition coefficient (Wildman–Crippen LogP) is 3.54. The number of hydrogen-bond donors (Lipinski definition) is 1. The van der Waals surface area contributed by atoms with Crippen molar-refractivity contribution in [1.29, 1.82) is 0 Å². The fourth-order valence-corrected chi connectivity index (χ4v) is 2.13. The van der Waals surface area contributed by atoms with Crippen molar-refractivity contribution in [2.75, 3.05) is 26.7 Å². The molecule has 0 aliphatic carbocycles. The van der Waals surface area contributed by atoms with Gasteiger partial charge in [0.1, 0.15) is 12.4 Å². The van der Waals surface area contributed by atoms with Crippen LogP contribution >= 0.6 is 0 Å². The molecule has 0 radical (unpaired) electrons. The molecule has 3 nitrogen and oxygen atoms in total. The monoisotopic (exact) mass is 292 g/mol. The summed E-state index contributed by atoms with van der Waals surface area (Å²) in [6.07, 6.45) is 1.17. The number of nitrogens with zero attached hydrogens (tertiary/aromatic N) is 1. The zero-order chi connectivity index (χ0) is 15.7. The molecule has 1 unspecified atom stereocenters. The van der Waals surface area contributed by atoms with Gasteiger partial charge in [0.15, 0.2) is 0 Å². The zero-order valence-electron chi connectivity index (χ0n) is 14.4. The minimum atomic E-state index is 0.584. The van der Waals surface area contributed by atoms with Gasteiger partial charge in [0, 0.05) is 19.1 Å². The lowest BCUT2D eigenvalue weighted by molar-refractivity contribution is 0.170. The molecule has 21 heavy (non-hydrogen) atoms. The molecular weight excluding hydrogens is 260 g/mol. The summed E-state index contributed by atoms with van der Waals surface area (Å²) >= 11 is 0. The highest BCUT2D eigenvalue weighted by atomic mass is 16.5. The molecule has 120 valence electrons. The molecule has 0 spiro atoms. The van der Waals surface area contributed by atoms with Gasteiger partial charge in [-0.25, -0.2) is 0 Å². The van der Waals surface area contributed by atoms with E-state index in [0.29, 0.717) is 12.0 Å². The van der Waals surface area contributed by atoms with Crippen LogP contribution in [-0.4, -0.2) is 37.7 Å². The average molecular weight is 292 g/mol. The Labute approximate surface area is 130 Å². The molecular formula is C18H32N2O. The Balaban J connectivity index is 2.29. The van der Waals surface area contributed by atoms with E-state index in [1.807, 2.05) is 0 Å². The van der Waals surface area contributed by atoms with Crippen LogP contribution in [0.4, 0.5) is 0 Å². The van der Waals surface area contributed by atoms with Gasteiger partial charge in [-0.15, -0.1) is 0 Å². The minimum absolute atomic E-state index is 0.584. The fraction of sp³-hybridized carbons (Fsp3) is 0.667. The van der Waals surface area contributed by atoms with Gasteiger partial charge in [0.05, 0.1) is 0 Å². The highest BCUT2D eigenvalue weighted by Gasteiger charge is 2.12. The normalized spacial score (nSPS) is 12.9. The van der Waals surface area contributed by atoms with Crippen LogP contribution in [0.15, 0.2) is 24.3 Å². The summed E-state index contributed by atoms with van der Waals surface area (Å²) < 4.78 is 5.83. The maximum absolute atomic E-state index is 5.83. The molecule has 1 aromatic carbocycles. The number of nitrogens with one attached hydrogen (secondary N) is 1. The number of ether oxygens (including phenoxy) is 1. The summed E-state index contributed by atoms with van der Waals surface area (Å²) in [7, 11) is 2.16. The van der Waals surface area contributed by atoms with Crippen molar-refractivity contribution in [1.82, 2.24) is 10.2 Å². The van der Waals surface area contributed by atoms with E-state index in [9.17, 15) is 0 Å². The second kappa shape index (κ2) is 9.80. The van der Waals surface area contributed by atoms with Crippen LogP contribution < -0.4 is 10.1 Å². The lowest BCUT2D eigenvalue weighted by Crippen LogP contribution is -2.36. The van der Waals surface area contributed by atoms with E-state index in [2.05, 4.69) is 69.2 Å². The van der Waals surface area contributed by atoms with Gasteiger partial charge in [-0.3, -0.25) is 0 Å². The molecule has 1 rings (SSSR count). The Kier molecular flexibility index (Phi) is 8.40. The predicted molar refractivity (Wildman–Crippen MR) is 90.9 cm³/mol. The zero-order valence-corrected chi connectivity index (χ0v) is 14.4. The van der Waals surface area contributed by atoms with Crippen LogP contribution in [0.25, 0.3) is 0 Å². The summed E-state index contributed by atoms with van der Waals surface area (Å²) in [5, 5.41) is 3.40. The first-order chi connectivity index (χ1) is 10.0. The van der Waals surface area contributed by atoms with Gasteiger partial charge in [-0.1, -0.05) is 32.9 Å². The van der Waals surface area contributed by atoms with Crippen molar-refractivity contribution < 1.29 is 4.74 Å². The molecule has 0 aliphatic heterocycles. The third-order valence-electron chi connectivity index (χ3n) is 4.05. The highest BCUT2D eigenvalue weighted by Crippen LogP contribution is 2.13. The molecule has 0 saturated carbocycles. The van der Waals surface area contributed by atoms with E-state index in [-0.39, 0.29) is 0 Å². The first kappa shape index (κ1) is 18.0. The molecule has 1 N–H and O–H groups in total. The van der Waals surface area contributed by atoms with Crippen LogP contribution in [0.5, 0.6) is 5.75 Å². The summed E-state index contributed by atoms with van der Waals surface area (Å²) in [6.45, 7) is 12.7. The van der Waals surface area contributed by atoms with Crippen molar-refractivity contribution >= 4 is 0 Å². The Morgan fingerprint density at radius 1 is 1.14 bits per heavy atom. The maximum atomic E-state index is 5.83. The molecule has 0 aromatic heterocycles. The number of rotatable bonds is 10. The largest absolute Gasteiger partial charge is 0.492 e. The van der Waals surface area contributed by atoms with E-state index < -0.39 is 0 Å². The molecule has 1 aromatic rings. The summed E-state index contributed by atoms with van der Waals surface area (Å²) in [5.41, 5.74) is 1.31. The lowest BCUT2D eigenvalue weighted by atomic mass is 10.1. The Morgan fingerprint density at radius 3 is 2.38 bits per heavy atom. The van der Waals surface area contributed by atoms with Gasteiger partial charge >= 0.3 is 0 Å². The van der Waals surface area contributed by atoms with Crippen molar-refractivity contribution in [3.63, 3.8) is 0 Å². The van der Waals surface area contributed by atoms with Crippen LogP contribution in [0.2, 0.25) is 0 Å². The maximum Gasteiger partial charge on any atom is 0.119 e. The summed E-state index contributed by atoms with van der Waals surface area (Å²) in [4.78, 5) is 2.35. The SMILES string of the molecule is CCCNCc1ccc(OCCN(C)C(C)C(C)C)cc1. The third-order valence-corrected chi connectivity index (χ3v) is 4.05. The van der Waals surface area contributed by atoms with Gasteiger partial charge in [-0.05, 0) is 50.6 Å². The minimum Gasteiger partial charge on any atom is -0.492 e. The van der Waals surface area contributed by atoms with Crippen LogP contribution in [0.1, 0.15) is 39.7 Å². The van der Waals surface area contributed by atoms with Crippen molar-refractivity contribution in [2.24, 2.45) is 5.92 Å². The van der Waals surface area contributed by atoms with Gasteiger partial charge in [0.2, 0.25) is 0 Å². The molecule has 1 atom stereocenters. The van der Waals surface area contributed by atoms with Crippen LogP contribution in [-0.2, 0) is 6.54 Å². The lowest BCUT2D eigenvalue weighted by Gasteiger charge is -2.27. The number of hydrogen-bond acceptors (Lipinski definition) is 3. The Bertz CT molecular complexity index is 375. The third kappa shape index (κ3) is 6.96. The average Bonchev–Trinajstić information content (AvgIpc) is 2.48. The molecule has 0 amide bonds. The number of likely N-dealkylation sites (N-methyl/N-ethyl adjacent to an activating group) is 1. The van der Waals surface area contributed by atoms with Crippen LogP contribution in [0.3, 0.4) is 0 Å². The topological polar surface area (TPSA) is 24.5 Å². The summed E-state index contributed by atoms with van der Waals surface area (Å²) in [5.74, 6) is 1.63. The molecule has 3 heteroatoms. The van der Waals surface area contributed by atoms with Crippen molar-refractivity contribution in [3.8, 4) is 5.75 Å².